The lowest BCUT2D eigenvalue weighted by Crippen LogP contribution is -2.47. The number of ether oxygens (including phenoxy) is 1. The summed E-state index contributed by atoms with van der Waals surface area (Å²) < 4.78 is 32.6. The number of hydrogen-bond donors (Lipinski definition) is 0. The highest BCUT2D eigenvalue weighted by atomic mass is 32.2. The number of nitrogens with zero attached hydrogens (tertiary/aromatic N) is 2. The van der Waals surface area contributed by atoms with Crippen LogP contribution in [-0.4, -0.2) is 56.9 Å². The zero-order valence-corrected chi connectivity index (χ0v) is 20.7. The highest BCUT2D eigenvalue weighted by molar-refractivity contribution is 7.92. The Balaban J connectivity index is 1.59. The van der Waals surface area contributed by atoms with Gasteiger partial charge in [0.05, 0.1) is 19.2 Å². The first kappa shape index (κ1) is 24.3. The molecule has 0 N–H and O–H groups in total. The van der Waals surface area contributed by atoms with Crippen molar-refractivity contribution in [2.45, 2.75) is 12.5 Å². The molecule has 0 saturated heterocycles. The number of methoxy groups -OCH3 is 1. The molecule has 2 aromatic carbocycles. The Kier molecular flexibility index (Phi) is 7.95. The molecular formula is C26H28N2O4S2. The molecule has 1 aliphatic heterocycles. The summed E-state index contributed by atoms with van der Waals surface area (Å²) in [4.78, 5) is 16.6. The van der Waals surface area contributed by atoms with E-state index in [1.54, 1.807) is 22.3 Å². The lowest BCUT2D eigenvalue weighted by molar-refractivity contribution is -0.133. The summed E-state index contributed by atoms with van der Waals surface area (Å²) in [5.41, 5.74) is 2.91. The summed E-state index contributed by atoms with van der Waals surface area (Å²) in [6.07, 6.45) is 2.31. The minimum atomic E-state index is -3.83. The molecule has 8 heteroatoms. The first-order chi connectivity index (χ1) is 16.5. The summed E-state index contributed by atoms with van der Waals surface area (Å²) in [5.74, 6) is -0.224. The molecule has 3 aromatic rings. The van der Waals surface area contributed by atoms with E-state index in [2.05, 4.69) is 11.4 Å². The van der Waals surface area contributed by atoms with Gasteiger partial charge in [-0.05, 0) is 40.6 Å². The maximum atomic E-state index is 13.6. The van der Waals surface area contributed by atoms with Crippen LogP contribution < -0.4 is 0 Å². The molecule has 1 aromatic heterocycles. The molecule has 0 saturated carbocycles. The molecule has 0 bridgehead atoms. The van der Waals surface area contributed by atoms with Crippen LogP contribution in [0.25, 0.3) is 6.08 Å². The van der Waals surface area contributed by atoms with Gasteiger partial charge in [0, 0.05) is 30.5 Å². The van der Waals surface area contributed by atoms with E-state index in [1.165, 1.54) is 16.3 Å². The zero-order chi connectivity index (χ0) is 24.0. The Morgan fingerprint density at radius 3 is 2.53 bits per heavy atom. The van der Waals surface area contributed by atoms with Crippen molar-refractivity contribution in [2.75, 3.05) is 33.4 Å². The minimum Gasteiger partial charge on any atom is -0.383 e. The van der Waals surface area contributed by atoms with Crippen LogP contribution in [0.5, 0.6) is 0 Å². The zero-order valence-electron chi connectivity index (χ0n) is 19.0. The van der Waals surface area contributed by atoms with E-state index in [9.17, 15) is 13.2 Å². The van der Waals surface area contributed by atoms with Crippen molar-refractivity contribution in [1.29, 1.82) is 0 Å². The Hall–Kier alpha value is -2.78. The van der Waals surface area contributed by atoms with E-state index in [4.69, 9.17) is 4.74 Å². The van der Waals surface area contributed by atoms with Crippen molar-refractivity contribution in [3.63, 3.8) is 0 Å². The molecule has 1 atom stereocenters. The van der Waals surface area contributed by atoms with Gasteiger partial charge in [-0.15, -0.1) is 11.3 Å². The molecule has 1 aliphatic rings. The molecule has 4 rings (SSSR count). The number of hydrogen-bond acceptors (Lipinski definition) is 5. The van der Waals surface area contributed by atoms with Gasteiger partial charge in [0.15, 0.2) is 0 Å². The molecular weight excluding hydrogens is 468 g/mol. The Labute approximate surface area is 205 Å². The Bertz CT molecular complexity index is 1220. The van der Waals surface area contributed by atoms with Gasteiger partial charge in [0.1, 0.15) is 0 Å². The fraction of sp³-hybridized carbons (Fsp3) is 0.269. The number of thiophene rings is 1. The normalized spacial score (nSPS) is 16.2. The topological polar surface area (TPSA) is 66.9 Å². The lowest BCUT2D eigenvalue weighted by atomic mass is 9.93. The predicted octanol–water partition coefficient (Wildman–Crippen LogP) is 4.17. The highest BCUT2D eigenvalue weighted by Gasteiger charge is 2.34. The van der Waals surface area contributed by atoms with E-state index < -0.39 is 10.0 Å². The largest absolute Gasteiger partial charge is 0.383 e. The highest BCUT2D eigenvalue weighted by Crippen LogP contribution is 2.37. The quantitative estimate of drug-likeness (QED) is 0.446. The van der Waals surface area contributed by atoms with Crippen LogP contribution in [0.2, 0.25) is 0 Å². The van der Waals surface area contributed by atoms with Crippen molar-refractivity contribution in [3.05, 3.63) is 99.1 Å². The second-order valence-corrected chi connectivity index (χ2v) is 10.9. The van der Waals surface area contributed by atoms with Crippen LogP contribution in [-0.2, 0) is 26.0 Å². The van der Waals surface area contributed by atoms with E-state index in [0.717, 1.165) is 28.5 Å². The van der Waals surface area contributed by atoms with Gasteiger partial charge in [-0.25, -0.2) is 8.42 Å². The number of benzene rings is 2. The molecule has 2 heterocycles. The van der Waals surface area contributed by atoms with Crippen LogP contribution in [0.4, 0.5) is 0 Å². The molecule has 1 amide bonds. The van der Waals surface area contributed by atoms with Gasteiger partial charge in [0.25, 0.3) is 0 Å². The second-order valence-electron chi connectivity index (χ2n) is 8.03. The monoisotopic (exact) mass is 496 g/mol. The smallest absolute Gasteiger partial charge is 0.238 e. The predicted molar refractivity (Wildman–Crippen MR) is 136 cm³/mol. The van der Waals surface area contributed by atoms with Crippen LogP contribution in [0, 0.1) is 0 Å². The van der Waals surface area contributed by atoms with Crippen molar-refractivity contribution < 1.29 is 17.9 Å². The lowest BCUT2D eigenvalue weighted by Gasteiger charge is -2.37. The fourth-order valence-corrected chi connectivity index (χ4v) is 6.15. The molecule has 0 aliphatic carbocycles. The average molecular weight is 497 g/mol. The van der Waals surface area contributed by atoms with E-state index in [-0.39, 0.29) is 31.6 Å². The van der Waals surface area contributed by atoms with Gasteiger partial charge < -0.3 is 9.64 Å². The molecule has 178 valence electrons. The van der Waals surface area contributed by atoms with Crippen LogP contribution in [0.1, 0.15) is 27.6 Å². The number of amides is 1. The maximum absolute atomic E-state index is 13.6. The van der Waals surface area contributed by atoms with Gasteiger partial charge in [-0.2, -0.15) is 4.31 Å². The molecule has 6 nitrogen and oxygen atoms in total. The van der Waals surface area contributed by atoms with Crippen LogP contribution in [0.3, 0.4) is 0 Å². The first-order valence-corrected chi connectivity index (χ1v) is 13.5. The van der Waals surface area contributed by atoms with Gasteiger partial charge in [-0.3, -0.25) is 4.79 Å². The summed E-state index contributed by atoms with van der Waals surface area (Å²) in [6, 6.07) is 21.0. The Morgan fingerprint density at radius 2 is 1.82 bits per heavy atom. The second kappa shape index (κ2) is 11.1. The minimum absolute atomic E-state index is 0.0945. The third-order valence-electron chi connectivity index (χ3n) is 5.85. The number of rotatable bonds is 9. The molecule has 0 fully saturated rings. The van der Waals surface area contributed by atoms with Crippen LogP contribution >= 0.6 is 11.3 Å². The van der Waals surface area contributed by atoms with Crippen molar-refractivity contribution >= 4 is 33.3 Å². The number of sulfonamides is 1. The van der Waals surface area contributed by atoms with Gasteiger partial charge in [0.2, 0.25) is 15.9 Å². The summed E-state index contributed by atoms with van der Waals surface area (Å²) >= 11 is 1.70. The summed E-state index contributed by atoms with van der Waals surface area (Å²) in [5, 5.41) is 3.21. The van der Waals surface area contributed by atoms with E-state index in [0.29, 0.717) is 6.54 Å². The van der Waals surface area contributed by atoms with Crippen molar-refractivity contribution in [2.24, 2.45) is 0 Å². The molecule has 0 radical (unpaired) electrons. The maximum Gasteiger partial charge on any atom is 0.238 e. The third-order valence-corrected chi connectivity index (χ3v) is 8.36. The number of carbonyl (C=O) groups excluding carboxylic acids is 1. The SMILES string of the molecule is COCCN(CC(=O)N1CCc2sccc2C1c1ccccc1)S(=O)(=O)C=Cc1ccccc1. The molecule has 34 heavy (non-hydrogen) atoms. The standard InChI is InChI=1S/C26H28N2O4S2/c1-32-17-16-27(34(30,31)19-14-21-8-4-2-5-9-21)20-25(29)28-15-12-24-23(13-18-33-24)26(28)22-10-6-3-7-11-22/h2-11,13-14,18-19,26H,12,15-17,20H2,1H3. The molecule has 0 spiro atoms. The summed E-state index contributed by atoms with van der Waals surface area (Å²) in [7, 11) is -2.32. The van der Waals surface area contributed by atoms with E-state index in [1.807, 2.05) is 60.7 Å². The van der Waals surface area contributed by atoms with Crippen LogP contribution in [0.15, 0.2) is 77.5 Å². The fourth-order valence-electron chi connectivity index (χ4n) is 4.13. The third kappa shape index (κ3) is 5.64. The van der Waals surface area contributed by atoms with Crippen molar-refractivity contribution in [1.82, 2.24) is 9.21 Å². The van der Waals surface area contributed by atoms with Gasteiger partial charge in [-0.1, -0.05) is 60.7 Å². The molecule has 1 unspecified atom stereocenters. The number of carbonyl (C=O) groups is 1. The Morgan fingerprint density at radius 1 is 1.12 bits per heavy atom. The van der Waals surface area contributed by atoms with Crippen molar-refractivity contribution in [3.8, 4) is 0 Å². The van der Waals surface area contributed by atoms with E-state index >= 15 is 0 Å². The average Bonchev–Trinajstić information content (AvgIpc) is 3.34. The first-order valence-electron chi connectivity index (χ1n) is 11.1. The summed E-state index contributed by atoms with van der Waals surface area (Å²) in [6.45, 7) is 0.595. The van der Waals surface area contributed by atoms with Gasteiger partial charge >= 0.3 is 0 Å². The number of fused-ring (bicyclic) bond motifs is 1.